The van der Waals surface area contributed by atoms with Crippen molar-refractivity contribution in [3.8, 4) is 0 Å². The Labute approximate surface area is 78.7 Å². The zero-order valence-corrected chi connectivity index (χ0v) is 8.12. The van der Waals surface area contributed by atoms with Gasteiger partial charge in [-0.25, -0.2) is 0 Å². The molecule has 0 saturated heterocycles. The van der Waals surface area contributed by atoms with Crippen molar-refractivity contribution in [2.75, 3.05) is 0 Å². The third-order valence-electron chi connectivity index (χ3n) is 1.46. The van der Waals surface area contributed by atoms with Gasteiger partial charge in [0.05, 0.1) is 0 Å². The molecule has 0 bridgehead atoms. The van der Waals surface area contributed by atoms with E-state index in [0.717, 1.165) is 0 Å². The van der Waals surface area contributed by atoms with Crippen molar-refractivity contribution in [3.05, 3.63) is 36.5 Å². The molecule has 0 aliphatic heterocycles. The molecule has 2 aromatic rings. The fraction of sp³-hybridized carbons (Fsp3) is 0.200. The Morgan fingerprint density at radius 3 is 2.23 bits per heavy atom. The molecule has 5 N–H and O–H groups in total. The lowest BCUT2D eigenvalue weighted by Gasteiger charge is -1.83. The van der Waals surface area contributed by atoms with Gasteiger partial charge in [0, 0.05) is 11.7 Å². The number of hydrazine groups is 1. The lowest BCUT2D eigenvalue weighted by Crippen LogP contribution is -2.02. The van der Waals surface area contributed by atoms with E-state index in [4.69, 9.17) is 0 Å². The summed E-state index contributed by atoms with van der Waals surface area (Å²) in [5.74, 6) is 8.00. The summed E-state index contributed by atoms with van der Waals surface area (Å²) in [4.78, 5) is 3.12. The summed E-state index contributed by atoms with van der Waals surface area (Å²) in [5, 5.41) is 1.28. The van der Waals surface area contributed by atoms with Crippen LogP contribution in [-0.4, -0.2) is 4.98 Å². The Morgan fingerprint density at radius 1 is 1.00 bits per heavy atom. The van der Waals surface area contributed by atoms with Crippen molar-refractivity contribution in [1.29, 1.82) is 0 Å². The number of aromatic amines is 1. The molecular formula is C10H17N3. The Hall–Kier alpha value is -1.32. The van der Waals surface area contributed by atoms with Crippen LogP contribution in [0.15, 0.2) is 36.5 Å². The molecule has 1 aromatic carbocycles. The third-order valence-corrected chi connectivity index (χ3v) is 1.46. The molecule has 2 rings (SSSR count). The van der Waals surface area contributed by atoms with Gasteiger partial charge in [-0.05, 0) is 17.5 Å². The van der Waals surface area contributed by atoms with Crippen molar-refractivity contribution in [2.24, 2.45) is 11.7 Å². The van der Waals surface area contributed by atoms with Crippen LogP contribution in [0.3, 0.4) is 0 Å². The van der Waals surface area contributed by atoms with Crippen molar-refractivity contribution < 1.29 is 0 Å². The predicted molar refractivity (Wildman–Crippen MR) is 58.0 cm³/mol. The number of hydrogen-bond acceptors (Lipinski definition) is 2. The second kappa shape index (κ2) is 7.34. The second-order valence-corrected chi connectivity index (χ2v) is 2.06. The number of H-pyrrole nitrogens is 1. The van der Waals surface area contributed by atoms with Gasteiger partial charge in [-0.15, -0.1) is 0 Å². The highest BCUT2D eigenvalue weighted by molar-refractivity contribution is 5.78. The number of para-hydroxylation sites is 1. The number of hydrogen-bond donors (Lipinski definition) is 3. The molecule has 0 atom stereocenters. The molecule has 0 aliphatic rings. The highest BCUT2D eigenvalue weighted by atomic mass is 15.0. The van der Waals surface area contributed by atoms with E-state index in [9.17, 15) is 0 Å². The monoisotopic (exact) mass is 179 g/mol. The molecule has 0 saturated carbocycles. The minimum atomic E-state index is 1.21. The Morgan fingerprint density at radius 2 is 1.62 bits per heavy atom. The van der Waals surface area contributed by atoms with Gasteiger partial charge in [0.15, 0.2) is 0 Å². The average Bonchev–Trinajstić information content (AvgIpc) is 2.71. The van der Waals surface area contributed by atoms with Crippen LogP contribution in [0.5, 0.6) is 0 Å². The van der Waals surface area contributed by atoms with Crippen LogP contribution in [0, 0.1) is 0 Å². The van der Waals surface area contributed by atoms with Crippen LogP contribution >= 0.6 is 0 Å². The van der Waals surface area contributed by atoms with E-state index < -0.39 is 0 Å². The SMILES string of the molecule is CC.NN.c1ccc2[nH]ccc2c1. The summed E-state index contributed by atoms with van der Waals surface area (Å²) in [7, 11) is 0. The van der Waals surface area contributed by atoms with E-state index in [1.54, 1.807) is 0 Å². The maximum atomic E-state index is 4.00. The first-order valence-corrected chi connectivity index (χ1v) is 4.32. The average molecular weight is 179 g/mol. The van der Waals surface area contributed by atoms with Crippen LogP contribution < -0.4 is 11.7 Å². The normalized spacial score (nSPS) is 8.00. The van der Waals surface area contributed by atoms with Crippen LogP contribution in [0.1, 0.15) is 13.8 Å². The molecule has 3 nitrogen and oxygen atoms in total. The van der Waals surface area contributed by atoms with Gasteiger partial charge >= 0.3 is 0 Å². The van der Waals surface area contributed by atoms with Crippen LogP contribution in [0.2, 0.25) is 0 Å². The highest BCUT2D eigenvalue weighted by Gasteiger charge is 1.86. The topological polar surface area (TPSA) is 67.8 Å². The van der Waals surface area contributed by atoms with Crippen LogP contribution in [0.4, 0.5) is 0 Å². The molecule has 0 radical (unpaired) electrons. The van der Waals surface area contributed by atoms with E-state index in [-0.39, 0.29) is 0 Å². The number of aromatic nitrogens is 1. The Bertz CT molecular complexity index is 284. The molecule has 0 fully saturated rings. The van der Waals surface area contributed by atoms with Gasteiger partial charge in [-0.2, -0.15) is 0 Å². The van der Waals surface area contributed by atoms with E-state index in [1.165, 1.54) is 10.9 Å². The molecule has 13 heavy (non-hydrogen) atoms. The quantitative estimate of drug-likeness (QED) is 0.428. The minimum absolute atomic E-state index is 1.21. The van der Waals surface area contributed by atoms with Gasteiger partial charge in [0.2, 0.25) is 0 Å². The van der Waals surface area contributed by atoms with Crippen molar-refractivity contribution >= 4 is 10.9 Å². The van der Waals surface area contributed by atoms with Crippen molar-refractivity contribution in [1.82, 2.24) is 4.98 Å². The molecule has 0 amide bonds. The summed E-state index contributed by atoms with van der Waals surface area (Å²) < 4.78 is 0. The lowest BCUT2D eigenvalue weighted by atomic mass is 10.3. The largest absolute Gasteiger partial charge is 0.361 e. The van der Waals surface area contributed by atoms with E-state index in [2.05, 4.69) is 34.9 Å². The first kappa shape index (κ1) is 11.7. The standard InChI is InChI=1S/C8H7N.C2H6.H4N2/c1-2-4-8-7(3-1)5-6-9-8;2*1-2/h1-6,9H;1-2H3;1-2H2. The van der Waals surface area contributed by atoms with Crippen molar-refractivity contribution in [3.63, 3.8) is 0 Å². The molecular weight excluding hydrogens is 162 g/mol. The van der Waals surface area contributed by atoms with Crippen LogP contribution in [-0.2, 0) is 0 Å². The summed E-state index contributed by atoms with van der Waals surface area (Å²) >= 11 is 0. The van der Waals surface area contributed by atoms with Gasteiger partial charge in [0.1, 0.15) is 0 Å². The van der Waals surface area contributed by atoms with E-state index >= 15 is 0 Å². The minimum Gasteiger partial charge on any atom is -0.361 e. The lowest BCUT2D eigenvalue weighted by molar-refractivity contribution is 1.26. The number of nitrogens with one attached hydrogen (secondary N) is 1. The smallest absolute Gasteiger partial charge is 0.0453 e. The molecule has 1 aromatic heterocycles. The molecule has 1 heterocycles. The molecule has 3 heteroatoms. The fourth-order valence-electron chi connectivity index (χ4n) is 0.995. The summed E-state index contributed by atoms with van der Waals surface area (Å²) in [6.45, 7) is 4.00. The van der Waals surface area contributed by atoms with Crippen LogP contribution in [0.25, 0.3) is 10.9 Å². The number of fused-ring (bicyclic) bond motifs is 1. The van der Waals surface area contributed by atoms with Gasteiger partial charge in [-0.1, -0.05) is 32.0 Å². The molecule has 0 unspecified atom stereocenters. The highest BCUT2D eigenvalue weighted by Crippen LogP contribution is 2.09. The zero-order chi connectivity index (χ0) is 10.1. The summed E-state index contributed by atoms with van der Waals surface area (Å²) in [5.41, 5.74) is 1.21. The van der Waals surface area contributed by atoms with Gasteiger partial charge in [-0.3, -0.25) is 11.7 Å². The van der Waals surface area contributed by atoms with Gasteiger partial charge < -0.3 is 4.98 Å². The maximum Gasteiger partial charge on any atom is 0.0453 e. The van der Waals surface area contributed by atoms with E-state index in [1.807, 2.05) is 32.2 Å². The van der Waals surface area contributed by atoms with Gasteiger partial charge in [0.25, 0.3) is 0 Å². The van der Waals surface area contributed by atoms with Crippen molar-refractivity contribution in [2.45, 2.75) is 13.8 Å². The van der Waals surface area contributed by atoms with E-state index in [0.29, 0.717) is 0 Å². The summed E-state index contributed by atoms with van der Waals surface area (Å²) in [6, 6.07) is 10.3. The zero-order valence-electron chi connectivity index (χ0n) is 8.12. The second-order valence-electron chi connectivity index (χ2n) is 2.06. The number of nitrogens with two attached hydrogens (primary N) is 2. The Kier molecular flexibility index (Phi) is 6.59. The first-order chi connectivity index (χ1) is 6.47. The number of benzene rings is 1. The third kappa shape index (κ3) is 3.27. The molecule has 72 valence electrons. The fourth-order valence-corrected chi connectivity index (χ4v) is 0.995. The first-order valence-electron chi connectivity index (χ1n) is 4.32. The number of rotatable bonds is 0. The molecule has 0 spiro atoms. The maximum absolute atomic E-state index is 4.00. The predicted octanol–water partition coefficient (Wildman–Crippen LogP) is 2.01. The summed E-state index contributed by atoms with van der Waals surface area (Å²) in [6.07, 6.45) is 1.95. The molecule has 0 aliphatic carbocycles. The Balaban J connectivity index is 0.000000322.